The molecule has 1 aliphatic heterocycles. The van der Waals surface area contributed by atoms with E-state index in [1.807, 2.05) is 38.1 Å². The van der Waals surface area contributed by atoms with Crippen molar-refractivity contribution in [3.63, 3.8) is 0 Å². The average molecular weight is 596 g/mol. The number of carbonyl (C=O) groups is 1. The van der Waals surface area contributed by atoms with Crippen LogP contribution in [-0.4, -0.2) is 55.2 Å². The highest BCUT2D eigenvalue weighted by atomic mass is 32.1. The van der Waals surface area contributed by atoms with Gasteiger partial charge < -0.3 is 25.4 Å². The minimum Gasteiger partial charge on any atom is -0.465 e. The summed E-state index contributed by atoms with van der Waals surface area (Å²) in [6.07, 6.45) is 3.31. The van der Waals surface area contributed by atoms with E-state index in [1.54, 1.807) is 23.7 Å². The van der Waals surface area contributed by atoms with Gasteiger partial charge in [0.15, 0.2) is 0 Å². The van der Waals surface area contributed by atoms with E-state index in [4.69, 9.17) is 9.72 Å². The van der Waals surface area contributed by atoms with E-state index in [-0.39, 0.29) is 12.0 Å². The summed E-state index contributed by atoms with van der Waals surface area (Å²) in [6, 6.07) is 15.8. The van der Waals surface area contributed by atoms with Crippen LogP contribution in [0.15, 0.2) is 66.3 Å². The summed E-state index contributed by atoms with van der Waals surface area (Å²) >= 11 is 1.64. The summed E-state index contributed by atoms with van der Waals surface area (Å²) < 4.78 is 6.57. The Hall–Kier alpha value is -4.77. The van der Waals surface area contributed by atoms with Crippen LogP contribution >= 0.6 is 11.3 Å². The van der Waals surface area contributed by atoms with E-state index in [1.165, 1.54) is 4.90 Å². The van der Waals surface area contributed by atoms with Crippen molar-refractivity contribution in [1.29, 1.82) is 0 Å². The number of thiazole rings is 1. The molecule has 0 radical (unpaired) electrons. The molecule has 1 fully saturated rings. The fourth-order valence-corrected chi connectivity index (χ4v) is 6.15. The molecule has 43 heavy (non-hydrogen) atoms. The number of hydrogen-bond donors (Lipinski definition) is 3. The normalized spacial score (nSPS) is 16.7. The van der Waals surface area contributed by atoms with Gasteiger partial charge in [0, 0.05) is 53.4 Å². The molecule has 1 saturated heterocycles. The predicted molar refractivity (Wildman–Crippen MR) is 169 cm³/mol. The number of carboxylic acid groups (broad SMARTS) is 1. The van der Waals surface area contributed by atoms with E-state index in [2.05, 4.69) is 62.2 Å². The molecule has 0 saturated carbocycles. The third-order valence-electron chi connectivity index (χ3n) is 7.50. The van der Waals surface area contributed by atoms with Crippen molar-refractivity contribution in [3.05, 3.63) is 82.6 Å². The van der Waals surface area contributed by atoms with Gasteiger partial charge in [-0.15, -0.1) is 11.3 Å². The molecule has 6 rings (SSSR count). The lowest BCUT2D eigenvalue weighted by Gasteiger charge is -2.35. The highest BCUT2D eigenvalue weighted by molar-refractivity contribution is 7.09. The molecule has 0 aliphatic carbocycles. The molecule has 0 spiro atoms. The number of benzene rings is 2. The number of hydrogen-bond acceptors (Lipinski definition) is 9. The van der Waals surface area contributed by atoms with E-state index in [9.17, 15) is 9.90 Å². The highest BCUT2D eigenvalue weighted by Gasteiger charge is 2.28. The van der Waals surface area contributed by atoms with Crippen LogP contribution < -0.4 is 15.4 Å². The van der Waals surface area contributed by atoms with Crippen LogP contribution in [0.2, 0.25) is 0 Å². The quantitative estimate of drug-likeness (QED) is 0.174. The van der Waals surface area contributed by atoms with Crippen LogP contribution in [-0.2, 0) is 6.54 Å². The number of likely N-dealkylation sites (tertiary alicyclic amines) is 1. The molecule has 11 heteroatoms. The first-order valence-corrected chi connectivity index (χ1v) is 15.1. The van der Waals surface area contributed by atoms with E-state index in [0.29, 0.717) is 37.2 Å². The zero-order chi connectivity index (χ0) is 29.9. The Bertz CT molecular complexity index is 1780. The van der Waals surface area contributed by atoms with Gasteiger partial charge in [-0.1, -0.05) is 31.2 Å². The summed E-state index contributed by atoms with van der Waals surface area (Å²) in [5.41, 5.74) is 4.37. The number of piperidine rings is 1. The van der Waals surface area contributed by atoms with Crippen LogP contribution in [0, 0.1) is 19.8 Å². The van der Waals surface area contributed by atoms with Crippen molar-refractivity contribution < 1.29 is 14.6 Å². The average Bonchev–Trinajstić information content (AvgIpc) is 3.42. The zero-order valence-electron chi connectivity index (χ0n) is 24.2. The SMILES string of the molecule is Cc1nc(CNc2cccc3c(Oc4ncccc4-c4ccnc(N[C@H]5C[C@@H](C)CN(C(=O)O)C5)n4)c(C)ccc23)cs1. The number of anilines is 2. The minimum atomic E-state index is -0.911. The fraction of sp³-hybridized carbons (Fsp3) is 0.281. The molecule has 3 N–H and O–H groups in total. The van der Waals surface area contributed by atoms with Gasteiger partial charge in [0.25, 0.3) is 0 Å². The molecular weight excluding hydrogens is 562 g/mol. The Balaban J connectivity index is 1.27. The second kappa shape index (κ2) is 12.2. The largest absolute Gasteiger partial charge is 0.465 e. The Morgan fingerprint density at radius 1 is 1.05 bits per heavy atom. The second-order valence-electron chi connectivity index (χ2n) is 10.9. The standard InChI is InChI=1S/C32H33N7O3S/c1-19-14-22(17-39(16-19)32(40)41)37-31-34-13-11-28(38-31)26-7-5-12-33-30(26)42-29-20(2)9-10-24-25(29)6-4-8-27(24)35-15-23-18-43-21(3)36-23/h4-13,18-19,22,35H,14-17H2,1-3H3,(H,40,41)(H,34,37,38)/t19-,22+/m1/s1. The van der Waals surface area contributed by atoms with Gasteiger partial charge >= 0.3 is 6.09 Å². The number of pyridine rings is 1. The molecule has 220 valence electrons. The molecular formula is C32H33N7O3S. The molecule has 1 amide bonds. The first kappa shape index (κ1) is 28.4. The summed E-state index contributed by atoms with van der Waals surface area (Å²) in [7, 11) is 0. The Kier molecular flexibility index (Phi) is 8.06. The lowest BCUT2D eigenvalue weighted by Crippen LogP contribution is -2.47. The first-order chi connectivity index (χ1) is 20.8. The third-order valence-corrected chi connectivity index (χ3v) is 8.32. The van der Waals surface area contributed by atoms with Gasteiger partial charge in [0.2, 0.25) is 11.8 Å². The third kappa shape index (κ3) is 6.36. The Morgan fingerprint density at radius 3 is 2.74 bits per heavy atom. The second-order valence-corrected chi connectivity index (χ2v) is 12.0. The van der Waals surface area contributed by atoms with Gasteiger partial charge in [-0.05, 0) is 56.0 Å². The van der Waals surface area contributed by atoms with Crippen molar-refractivity contribution in [3.8, 4) is 22.9 Å². The van der Waals surface area contributed by atoms with Crippen molar-refractivity contribution in [1.82, 2.24) is 24.8 Å². The first-order valence-electron chi connectivity index (χ1n) is 14.2. The lowest BCUT2D eigenvalue weighted by molar-refractivity contribution is 0.119. The number of amides is 1. The van der Waals surface area contributed by atoms with Gasteiger partial charge in [0.05, 0.1) is 28.5 Å². The zero-order valence-corrected chi connectivity index (χ0v) is 25.1. The molecule has 4 heterocycles. The van der Waals surface area contributed by atoms with Gasteiger partial charge in [-0.2, -0.15) is 0 Å². The molecule has 10 nitrogen and oxygen atoms in total. The number of aromatic nitrogens is 4. The maximum atomic E-state index is 11.6. The van der Waals surface area contributed by atoms with Crippen molar-refractivity contribution in [2.75, 3.05) is 23.7 Å². The van der Waals surface area contributed by atoms with Gasteiger partial charge in [-0.25, -0.2) is 24.7 Å². The molecule has 2 aromatic carbocycles. The smallest absolute Gasteiger partial charge is 0.407 e. The molecule has 2 atom stereocenters. The molecule has 1 aliphatic rings. The predicted octanol–water partition coefficient (Wildman–Crippen LogP) is 6.97. The lowest BCUT2D eigenvalue weighted by atomic mass is 9.96. The van der Waals surface area contributed by atoms with Gasteiger partial charge in [-0.3, -0.25) is 0 Å². The summed E-state index contributed by atoms with van der Waals surface area (Å²) in [4.78, 5) is 31.4. The summed E-state index contributed by atoms with van der Waals surface area (Å²) in [5, 5.41) is 21.5. The number of nitrogens with zero attached hydrogens (tertiary/aromatic N) is 5. The van der Waals surface area contributed by atoms with Crippen molar-refractivity contribution >= 4 is 39.8 Å². The maximum absolute atomic E-state index is 11.6. The topological polar surface area (TPSA) is 125 Å². The maximum Gasteiger partial charge on any atom is 0.407 e. The minimum absolute atomic E-state index is 0.0830. The van der Waals surface area contributed by atoms with Crippen LogP contribution in [0.4, 0.5) is 16.4 Å². The molecule has 0 bridgehead atoms. The van der Waals surface area contributed by atoms with E-state index < -0.39 is 6.09 Å². The van der Waals surface area contributed by atoms with Crippen molar-refractivity contribution in [2.24, 2.45) is 5.92 Å². The highest BCUT2D eigenvalue weighted by Crippen LogP contribution is 2.38. The van der Waals surface area contributed by atoms with Crippen LogP contribution in [0.1, 0.15) is 29.6 Å². The Morgan fingerprint density at radius 2 is 1.93 bits per heavy atom. The number of rotatable bonds is 8. The summed E-state index contributed by atoms with van der Waals surface area (Å²) in [6.45, 7) is 7.63. The Labute approximate surface area is 253 Å². The van der Waals surface area contributed by atoms with Crippen LogP contribution in [0.3, 0.4) is 0 Å². The number of fused-ring (bicyclic) bond motifs is 1. The molecule has 5 aromatic rings. The molecule has 0 unspecified atom stereocenters. The number of ether oxygens (including phenoxy) is 1. The monoisotopic (exact) mass is 595 g/mol. The van der Waals surface area contributed by atoms with Crippen LogP contribution in [0.25, 0.3) is 22.0 Å². The molecule has 3 aromatic heterocycles. The van der Waals surface area contributed by atoms with Gasteiger partial charge in [0.1, 0.15) is 5.75 Å². The fourth-order valence-electron chi connectivity index (χ4n) is 5.54. The number of nitrogens with one attached hydrogen (secondary N) is 2. The van der Waals surface area contributed by atoms with E-state index in [0.717, 1.165) is 50.5 Å². The van der Waals surface area contributed by atoms with Crippen molar-refractivity contribution in [2.45, 2.75) is 39.8 Å². The van der Waals surface area contributed by atoms with Crippen LogP contribution in [0.5, 0.6) is 11.6 Å². The number of aryl methyl sites for hydroxylation is 2. The summed E-state index contributed by atoms with van der Waals surface area (Å²) in [5.74, 6) is 1.83. The van der Waals surface area contributed by atoms with E-state index >= 15 is 0 Å².